The number of likely N-dealkylation sites (N-methyl/N-ethyl adjacent to an activating group) is 1. The maximum Gasteiger partial charge on any atom is 0.250 e. The molecule has 0 bridgehead atoms. The van der Waals surface area contributed by atoms with Gasteiger partial charge in [0.25, 0.3) is 0 Å². The quantitative estimate of drug-likeness (QED) is 0.187. The zero-order chi connectivity index (χ0) is 29.5. The van der Waals surface area contributed by atoms with Crippen molar-refractivity contribution in [2.45, 2.75) is 18.9 Å². The Hall–Kier alpha value is -4.47. The van der Waals surface area contributed by atoms with Crippen LogP contribution in [0.3, 0.4) is 0 Å². The molecule has 0 aliphatic carbocycles. The van der Waals surface area contributed by atoms with Gasteiger partial charge in [0, 0.05) is 41.3 Å². The molecule has 2 heterocycles. The summed E-state index contributed by atoms with van der Waals surface area (Å²) in [7, 11) is 1.75. The molecule has 210 valence electrons. The number of aromatic amines is 1. The van der Waals surface area contributed by atoms with Crippen LogP contribution >= 0.6 is 11.6 Å². The minimum Gasteiger partial charge on any atom is -0.366 e. The highest BCUT2D eigenvalue weighted by Gasteiger charge is 2.19. The minimum atomic E-state index is -0.630. The first kappa shape index (κ1) is 29.5. The van der Waals surface area contributed by atoms with Crippen LogP contribution in [0, 0.1) is 17.5 Å². The molecule has 1 atom stereocenters. The standard InChI is InChI=1S/C21H18ClF2N3O.C10H8FNO/c1-26-19(9-12-7-14(23)11-15(24)8-12)20-16(3-2-6-27-20)13-4-5-18(22)17(10-13)21(25)28;11-8-1-2-10-9(5-8)7(3-4-13)6-12-10/h2-8,10-11,19,26H,9H2,1H3,(H2,25,28);1-2,4-6,12H,3H2. The van der Waals surface area contributed by atoms with E-state index in [9.17, 15) is 22.8 Å². The van der Waals surface area contributed by atoms with Crippen LogP contribution in [0.2, 0.25) is 5.02 Å². The van der Waals surface area contributed by atoms with Crippen molar-refractivity contribution in [1.29, 1.82) is 0 Å². The van der Waals surface area contributed by atoms with Gasteiger partial charge in [-0.1, -0.05) is 23.7 Å². The summed E-state index contributed by atoms with van der Waals surface area (Å²) >= 11 is 6.05. The smallest absolute Gasteiger partial charge is 0.250 e. The number of aromatic nitrogens is 2. The van der Waals surface area contributed by atoms with E-state index < -0.39 is 17.5 Å². The third kappa shape index (κ3) is 7.19. The summed E-state index contributed by atoms with van der Waals surface area (Å²) in [6.45, 7) is 0. The number of nitrogens with one attached hydrogen (secondary N) is 2. The van der Waals surface area contributed by atoms with Crippen molar-refractivity contribution >= 4 is 34.7 Å². The molecule has 5 aromatic rings. The number of H-pyrrole nitrogens is 1. The first-order valence-electron chi connectivity index (χ1n) is 12.6. The van der Waals surface area contributed by atoms with Crippen LogP contribution < -0.4 is 11.1 Å². The number of primary amides is 1. The van der Waals surface area contributed by atoms with Crippen LogP contribution in [0.1, 0.15) is 33.2 Å². The fraction of sp³-hybridized carbons (Fsp3) is 0.129. The van der Waals surface area contributed by atoms with Gasteiger partial charge in [0.2, 0.25) is 5.91 Å². The molecule has 1 unspecified atom stereocenters. The molecule has 0 radical (unpaired) electrons. The number of benzene rings is 3. The van der Waals surface area contributed by atoms with E-state index in [1.54, 1.807) is 49.8 Å². The van der Waals surface area contributed by atoms with Crippen molar-refractivity contribution in [1.82, 2.24) is 15.3 Å². The molecule has 4 N–H and O–H groups in total. The van der Waals surface area contributed by atoms with Crippen molar-refractivity contribution < 1.29 is 22.8 Å². The van der Waals surface area contributed by atoms with E-state index in [1.807, 2.05) is 6.07 Å². The number of hydrogen-bond donors (Lipinski definition) is 3. The zero-order valence-corrected chi connectivity index (χ0v) is 22.7. The molecule has 1 amide bonds. The van der Waals surface area contributed by atoms with E-state index in [0.717, 1.165) is 34.4 Å². The van der Waals surface area contributed by atoms with Crippen LogP contribution in [-0.2, 0) is 17.6 Å². The number of halogens is 4. The normalized spacial score (nSPS) is 11.5. The lowest BCUT2D eigenvalue weighted by Gasteiger charge is -2.20. The molecule has 41 heavy (non-hydrogen) atoms. The summed E-state index contributed by atoms with van der Waals surface area (Å²) < 4.78 is 39.9. The van der Waals surface area contributed by atoms with Crippen LogP contribution in [-0.4, -0.2) is 29.2 Å². The third-order valence-electron chi connectivity index (χ3n) is 6.45. The van der Waals surface area contributed by atoms with Gasteiger partial charge in [-0.2, -0.15) is 0 Å². The SMILES string of the molecule is CNC(Cc1cc(F)cc(F)c1)c1ncccc1-c1ccc(Cl)c(C(N)=O)c1.O=CCc1c[nH]c2ccc(F)cc12. The predicted octanol–water partition coefficient (Wildman–Crippen LogP) is 6.33. The fourth-order valence-electron chi connectivity index (χ4n) is 4.53. The van der Waals surface area contributed by atoms with Gasteiger partial charge in [0.1, 0.15) is 23.7 Å². The molecular formula is C31H26ClF3N4O2. The van der Waals surface area contributed by atoms with E-state index in [0.29, 0.717) is 29.7 Å². The maximum atomic E-state index is 13.6. The average Bonchev–Trinajstić information content (AvgIpc) is 3.33. The summed E-state index contributed by atoms with van der Waals surface area (Å²) in [6, 6.07) is 16.2. The minimum absolute atomic E-state index is 0.210. The van der Waals surface area contributed by atoms with Gasteiger partial charge in [0.15, 0.2) is 0 Å². The lowest BCUT2D eigenvalue weighted by atomic mass is 9.94. The number of pyridine rings is 1. The zero-order valence-electron chi connectivity index (χ0n) is 21.9. The number of amides is 1. The summed E-state index contributed by atoms with van der Waals surface area (Å²) in [5.41, 5.74) is 9.95. The topological polar surface area (TPSA) is 101 Å². The van der Waals surface area contributed by atoms with Gasteiger partial charge in [-0.3, -0.25) is 9.78 Å². The molecule has 2 aromatic heterocycles. The van der Waals surface area contributed by atoms with E-state index in [-0.39, 0.29) is 22.4 Å². The van der Waals surface area contributed by atoms with Gasteiger partial charge in [-0.15, -0.1) is 0 Å². The largest absolute Gasteiger partial charge is 0.366 e. The van der Waals surface area contributed by atoms with E-state index >= 15 is 0 Å². The van der Waals surface area contributed by atoms with Gasteiger partial charge < -0.3 is 20.8 Å². The molecular weight excluding hydrogens is 553 g/mol. The molecule has 10 heteroatoms. The average molecular weight is 579 g/mol. The van der Waals surface area contributed by atoms with Crippen LogP contribution in [0.25, 0.3) is 22.0 Å². The van der Waals surface area contributed by atoms with Crippen molar-refractivity contribution in [3.05, 3.63) is 124 Å². The molecule has 0 aliphatic heterocycles. The Labute approximate surface area is 239 Å². The molecule has 3 aromatic carbocycles. The molecule has 5 rings (SSSR count). The fourth-order valence-corrected chi connectivity index (χ4v) is 4.74. The van der Waals surface area contributed by atoms with Crippen molar-refractivity contribution in [2.75, 3.05) is 7.05 Å². The Bertz CT molecular complexity index is 1690. The number of fused-ring (bicyclic) bond motifs is 1. The monoisotopic (exact) mass is 578 g/mol. The summed E-state index contributed by atoms with van der Waals surface area (Å²) in [6.07, 6.45) is 4.83. The van der Waals surface area contributed by atoms with Crippen LogP contribution in [0.4, 0.5) is 13.2 Å². The van der Waals surface area contributed by atoms with Gasteiger partial charge in [-0.25, -0.2) is 13.2 Å². The lowest BCUT2D eigenvalue weighted by Crippen LogP contribution is -2.21. The van der Waals surface area contributed by atoms with Gasteiger partial charge >= 0.3 is 0 Å². The summed E-state index contributed by atoms with van der Waals surface area (Å²) in [5.74, 6) is -2.17. The second-order valence-corrected chi connectivity index (χ2v) is 9.60. The van der Waals surface area contributed by atoms with Crippen molar-refractivity contribution in [3.8, 4) is 11.1 Å². The molecule has 0 saturated heterocycles. The van der Waals surface area contributed by atoms with Crippen molar-refractivity contribution in [2.24, 2.45) is 5.73 Å². The predicted molar refractivity (Wildman–Crippen MR) is 153 cm³/mol. The first-order chi connectivity index (χ1) is 19.7. The molecule has 0 spiro atoms. The lowest BCUT2D eigenvalue weighted by molar-refractivity contribution is -0.107. The summed E-state index contributed by atoms with van der Waals surface area (Å²) in [4.78, 5) is 29.4. The second kappa shape index (κ2) is 13.3. The number of carbonyl (C=O) groups excluding carboxylic acids is 2. The van der Waals surface area contributed by atoms with Crippen LogP contribution in [0.5, 0.6) is 0 Å². The molecule has 0 saturated carbocycles. The maximum absolute atomic E-state index is 13.6. The summed E-state index contributed by atoms with van der Waals surface area (Å²) in [5, 5.41) is 4.19. The highest BCUT2D eigenvalue weighted by molar-refractivity contribution is 6.33. The number of rotatable bonds is 8. The van der Waals surface area contributed by atoms with E-state index in [2.05, 4.69) is 15.3 Å². The Balaban J connectivity index is 0.000000247. The number of carbonyl (C=O) groups is 2. The highest BCUT2D eigenvalue weighted by atomic mass is 35.5. The van der Waals surface area contributed by atoms with Gasteiger partial charge in [0.05, 0.1) is 22.3 Å². The Morgan fingerprint density at radius 2 is 1.80 bits per heavy atom. The number of aldehydes is 1. The Morgan fingerprint density at radius 3 is 2.49 bits per heavy atom. The highest BCUT2D eigenvalue weighted by Crippen LogP contribution is 2.31. The molecule has 0 aliphatic rings. The second-order valence-electron chi connectivity index (χ2n) is 9.19. The number of hydrogen-bond acceptors (Lipinski definition) is 4. The number of nitrogens with two attached hydrogens (primary N) is 1. The Kier molecular flexibility index (Phi) is 9.54. The molecule has 0 fully saturated rings. The van der Waals surface area contributed by atoms with E-state index in [4.69, 9.17) is 17.3 Å². The molecule has 6 nitrogen and oxygen atoms in total. The van der Waals surface area contributed by atoms with Crippen molar-refractivity contribution in [3.63, 3.8) is 0 Å². The number of nitrogens with zero attached hydrogens (tertiary/aromatic N) is 1. The van der Waals surface area contributed by atoms with Gasteiger partial charge in [-0.05, 0) is 78.7 Å². The van der Waals surface area contributed by atoms with Crippen LogP contribution in [0.15, 0.2) is 79.1 Å². The Morgan fingerprint density at radius 1 is 1.05 bits per heavy atom. The van der Waals surface area contributed by atoms with E-state index in [1.165, 1.54) is 24.3 Å². The first-order valence-corrected chi connectivity index (χ1v) is 12.9. The third-order valence-corrected chi connectivity index (χ3v) is 6.78.